The molecule has 2 atom stereocenters. The van der Waals surface area contributed by atoms with E-state index in [4.69, 9.17) is 5.73 Å². The van der Waals surface area contributed by atoms with Gasteiger partial charge in [0.2, 0.25) is 17.0 Å². The first-order valence-electron chi connectivity index (χ1n) is 8.30. The molecule has 0 saturated carbocycles. The standard InChI is InChI=1S/C15H23N5O5S/c1-10(7-13(16)22)8-14(23)19-11-3-2-6-20(9-12(11)21)26(24,25)15-17-4-5-18-15/h4-5,10-11H,2-3,6-9H2,1H3,(H2,16,22)(H,17,18)(H,19,23)/t10-,11?/m0/s1. The number of aromatic amines is 1. The van der Waals surface area contributed by atoms with Gasteiger partial charge in [0.15, 0.2) is 5.78 Å². The highest BCUT2D eigenvalue weighted by molar-refractivity contribution is 7.89. The van der Waals surface area contributed by atoms with Crippen molar-refractivity contribution in [3.63, 3.8) is 0 Å². The second kappa shape index (κ2) is 8.41. The molecule has 1 unspecified atom stereocenters. The van der Waals surface area contributed by atoms with Gasteiger partial charge in [-0.15, -0.1) is 0 Å². The second-order valence-electron chi connectivity index (χ2n) is 6.44. The number of imidazole rings is 1. The van der Waals surface area contributed by atoms with Gasteiger partial charge in [-0.05, 0) is 18.8 Å². The summed E-state index contributed by atoms with van der Waals surface area (Å²) in [6.45, 7) is 1.56. The lowest BCUT2D eigenvalue weighted by atomic mass is 10.0. The highest BCUT2D eigenvalue weighted by atomic mass is 32.2. The van der Waals surface area contributed by atoms with Gasteiger partial charge in [-0.25, -0.2) is 13.4 Å². The number of ketones is 1. The SMILES string of the molecule is C[C@@H](CC(N)=O)CC(=O)NC1CCCN(S(=O)(=O)c2ncc[nH]2)CC1=O. The number of hydrogen-bond acceptors (Lipinski definition) is 6. The Labute approximate surface area is 151 Å². The summed E-state index contributed by atoms with van der Waals surface area (Å²) in [5, 5.41) is 2.42. The minimum Gasteiger partial charge on any atom is -0.370 e. The maximum absolute atomic E-state index is 12.5. The number of amides is 2. The van der Waals surface area contributed by atoms with E-state index in [1.165, 1.54) is 12.4 Å². The Kier molecular flexibility index (Phi) is 6.48. The van der Waals surface area contributed by atoms with E-state index in [2.05, 4.69) is 15.3 Å². The van der Waals surface area contributed by atoms with Crippen LogP contribution in [-0.2, 0) is 24.4 Å². The van der Waals surface area contributed by atoms with Crippen LogP contribution in [0.1, 0.15) is 32.6 Å². The number of carbonyl (C=O) groups excluding carboxylic acids is 3. The molecule has 4 N–H and O–H groups in total. The molecule has 1 aliphatic heterocycles. The molecule has 2 heterocycles. The van der Waals surface area contributed by atoms with Crippen LogP contribution in [0.25, 0.3) is 0 Å². The van der Waals surface area contributed by atoms with Crippen molar-refractivity contribution in [1.82, 2.24) is 19.6 Å². The third-order valence-electron chi connectivity index (χ3n) is 4.10. The second-order valence-corrected chi connectivity index (χ2v) is 8.29. The van der Waals surface area contributed by atoms with E-state index in [0.29, 0.717) is 12.8 Å². The lowest BCUT2D eigenvalue weighted by molar-refractivity contribution is -0.128. The van der Waals surface area contributed by atoms with E-state index in [-0.39, 0.29) is 48.7 Å². The summed E-state index contributed by atoms with van der Waals surface area (Å²) in [5.41, 5.74) is 5.10. The van der Waals surface area contributed by atoms with Gasteiger partial charge in [0.25, 0.3) is 10.0 Å². The molecule has 144 valence electrons. The van der Waals surface area contributed by atoms with Crippen molar-refractivity contribution in [2.45, 2.75) is 43.8 Å². The summed E-state index contributed by atoms with van der Waals surface area (Å²) >= 11 is 0. The number of rotatable bonds is 7. The van der Waals surface area contributed by atoms with Crippen LogP contribution in [-0.4, -0.2) is 59.4 Å². The Bertz CT molecular complexity index is 761. The zero-order valence-electron chi connectivity index (χ0n) is 14.5. The fourth-order valence-electron chi connectivity index (χ4n) is 2.85. The van der Waals surface area contributed by atoms with E-state index in [1.807, 2.05) is 0 Å². The summed E-state index contributed by atoms with van der Waals surface area (Å²) in [4.78, 5) is 41.6. The number of nitrogens with zero attached hydrogens (tertiary/aromatic N) is 2. The minimum absolute atomic E-state index is 0.0706. The quantitative estimate of drug-likeness (QED) is 0.555. The predicted octanol–water partition coefficient (Wildman–Crippen LogP) is -0.850. The van der Waals surface area contributed by atoms with Crippen LogP contribution >= 0.6 is 0 Å². The van der Waals surface area contributed by atoms with E-state index >= 15 is 0 Å². The number of nitrogens with two attached hydrogens (primary N) is 1. The van der Waals surface area contributed by atoms with E-state index in [1.54, 1.807) is 6.92 Å². The Hall–Kier alpha value is -2.27. The topological polar surface area (TPSA) is 155 Å². The molecule has 0 aliphatic carbocycles. The van der Waals surface area contributed by atoms with Crippen LogP contribution in [0.4, 0.5) is 0 Å². The van der Waals surface area contributed by atoms with Crippen molar-refractivity contribution in [2.24, 2.45) is 11.7 Å². The first-order chi connectivity index (χ1) is 12.2. The number of hydrogen-bond donors (Lipinski definition) is 3. The van der Waals surface area contributed by atoms with Crippen LogP contribution < -0.4 is 11.1 Å². The Balaban J connectivity index is 1.97. The minimum atomic E-state index is -3.88. The number of H-pyrrole nitrogens is 1. The van der Waals surface area contributed by atoms with Gasteiger partial charge in [0.05, 0.1) is 12.6 Å². The highest BCUT2D eigenvalue weighted by Gasteiger charge is 2.34. The summed E-state index contributed by atoms with van der Waals surface area (Å²) in [6, 6.07) is -0.750. The number of primary amides is 1. The van der Waals surface area contributed by atoms with Gasteiger partial charge >= 0.3 is 0 Å². The van der Waals surface area contributed by atoms with Crippen LogP contribution in [0, 0.1) is 5.92 Å². The van der Waals surface area contributed by atoms with E-state index in [9.17, 15) is 22.8 Å². The fourth-order valence-corrected chi connectivity index (χ4v) is 4.18. The Morgan fingerprint density at radius 1 is 1.46 bits per heavy atom. The van der Waals surface area contributed by atoms with Gasteiger partial charge in [0, 0.05) is 31.8 Å². The molecule has 1 aliphatic rings. The van der Waals surface area contributed by atoms with Crippen molar-refractivity contribution in [3.05, 3.63) is 12.4 Å². The molecule has 2 rings (SSSR count). The molecule has 26 heavy (non-hydrogen) atoms. The number of sulfonamides is 1. The zero-order chi connectivity index (χ0) is 19.3. The third-order valence-corrected chi connectivity index (χ3v) is 5.80. The maximum atomic E-state index is 12.5. The molecule has 0 spiro atoms. The predicted molar refractivity (Wildman–Crippen MR) is 91.1 cm³/mol. The number of nitrogens with one attached hydrogen (secondary N) is 2. The van der Waals surface area contributed by atoms with E-state index in [0.717, 1.165) is 4.31 Å². The van der Waals surface area contributed by atoms with Gasteiger partial charge in [-0.2, -0.15) is 4.31 Å². The van der Waals surface area contributed by atoms with Crippen molar-refractivity contribution in [1.29, 1.82) is 0 Å². The van der Waals surface area contributed by atoms with Crippen molar-refractivity contribution in [2.75, 3.05) is 13.1 Å². The molecule has 10 nitrogen and oxygen atoms in total. The molecule has 1 fully saturated rings. The van der Waals surface area contributed by atoms with Crippen LogP contribution in [0.5, 0.6) is 0 Å². The monoisotopic (exact) mass is 385 g/mol. The molecular formula is C15H23N5O5S. The van der Waals surface area contributed by atoms with Gasteiger partial charge in [0.1, 0.15) is 0 Å². The zero-order valence-corrected chi connectivity index (χ0v) is 15.3. The molecule has 1 aromatic rings. The molecule has 1 saturated heterocycles. The first-order valence-corrected chi connectivity index (χ1v) is 9.74. The lowest BCUT2D eigenvalue weighted by Gasteiger charge is -2.19. The highest BCUT2D eigenvalue weighted by Crippen LogP contribution is 2.17. The van der Waals surface area contributed by atoms with Crippen molar-refractivity contribution >= 4 is 27.6 Å². The van der Waals surface area contributed by atoms with Crippen LogP contribution in [0.2, 0.25) is 0 Å². The molecule has 0 bridgehead atoms. The summed E-state index contributed by atoms with van der Waals surface area (Å²) in [7, 11) is -3.88. The smallest absolute Gasteiger partial charge is 0.277 e. The van der Waals surface area contributed by atoms with Gasteiger partial charge in [-0.1, -0.05) is 6.92 Å². The molecule has 1 aromatic heterocycles. The average molecular weight is 385 g/mol. The first kappa shape index (κ1) is 20.0. The third kappa shape index (κ3) is 5.11. The Morgan fingerprint density at radius 2 is 2.19 bits per heavy atom. The Morgan fingerprint density at radius 3 is 2.81 bits per heavy atom. The van der Waals surface area contributed by atoms with Gasteiger partial charge in [-0.3, -0.25) is 14.4 Å². The molecular weight excluding hydrogens is 362 g/mol. The molecule has 2 amide bonds. The lowest BCUT2D eigenvalue weighted by Crippen LogP contribution is -2.44. The van der Waals surface area contributed by atoms with Crippen LogP contribution in [0.15, 0.2) is 17.6 Å². The number of aromatic nitrogens is 2. The van der Waals surface area contributed by atoms with Crippen molar-refractivity contribution < 1.29 is 22.8 Å². The molecule has 0 aromatic carbocycles. The van der Waals surface area contributed by atoms with Crippen LogP contribution in [0.3, 0.4) is 0 Å². The number of Topliss-reactive ketones (excluding diaryl/α,β-unsaturated/α-hetero) is 1. The largest absolute Gasteiger partial charge is 0.370 e. The summed E-state index contributed by atoms with van der Waals surface area (Å²) < 4.78 is 26.0. The maximum Gasteiger partial charge on any atom is 0.277 e. The molecule has 11 heteroatoms. The summed E-state index contributed by atoms with van der Waals surface area (Å²) in [5.74, 6) is -1.47. The van der Waals surface area contributed by atoms with Gasteiger partial charge < -0.3 is 16.0 Å². The number of carbonyl (C=O) groups is 3. The summed E-state index contributed by atoms with van der Waals surface area (Å²) in [6.07, 6.45) is 3.64. The normalized spacial score (nSPS) is 20.3. The average Bonchev–Trinajstić information content (AvgIpc) is 3.00. The van der Waals surface area contributed by atoms with E-state index < -0.39 is 22.0 Å². The van der Waals surface area contributed by atoms with Crippen molar-refractivity contribution in [3.8, 4) is 0 Å². The fraction of sp³-hybridized carbons (Fsp3) is 0.600. The molecule has 0 radical (unpaired) electrons.